The van der Waals surface area contributed by atoms with E-state index in [2.05, 4.69) is 6.92 Å². The summed E-state index contributed by atoms with van der Waals surface area (Å²) in [7, 11) is 0. The third-order valence-corrected chi connectivity index (χ3v) is 6.20. The Hall–Kier alpha value is -2.11. The van der Waals surface area contributed by atoms with E-state index in [0.717, 1.165) is 25.0 Å². The van der Waals surface area contributed by atoms with Gasteiger partial charge in [-0.1, -0.05) is 19.8 Å². The van der Waals surface area contributed by atoms with Gasteiger partial charge >= 0.3 is 5.97 Å². The number of anilines is 1. The summed E-state index contributed by atoms with van der Waals surface area (Å²) in [5.41, 5.74) is 6.35. The van der Waals surface area contributed by atoms with Gasteiger partial charge in [0.25, 0.3) is 0 Å². The number of carbonyl (C=O) groups is 1. The molecule has 0 aliphatic heterocycles. The minimum absolute atomic E-state index is 0.161. The van der Waals surface area contributed by atoms with E-state index in [1.807, 2.05) is 12.1 Å². The van der Waals surface area contributed by atoms with Crippen LogP contribution in [0.2, 0.25) is 0 Å². The number of nitrogens with two attached hydrogens (primary N) is 1. The van der Waals surface area contributed by atoms with Gasteiger partial charge in [0.15, 0.2) is 0 Å². The van der Waals surface area contributed by atoms with Crippen molar-refractivity contribution < 1.29 is 61.6 Å². The zero-order valence-electron chi connectivity index (χ0n) is 29.1. The molecule has 0 saturated heterocycles. The van der Waals surface area contributed by atoms with Gasteiger partial charge in [-0.05, 0) is 30.7 Å². The van der Waals surface area contributed by atoms with Gasteiger partial charge < -0.3 is 62.6 Å². The van der Waals surface area contributed by atoms with Crippen LogP contribution < -0.4 is 10.5 Å². The lowest BCUT2D eigenvalue weighted by Crippen LogP contribution is -2.15. The molecule has 0 aliphatic carbocycles. The zero-order valence-corrected chi connectivity index (χ0v) is 29.1. The van der Waals surface area contributed by atoms with Crippen LogP contribution in [0.5, 0.6) is 5.75 Å². The average molecular weight is 692 g/mol. The normalized spacial score (nSPS) is 11.3. The van der Waals surface area contributed by atoms with Crippen molar-refractivity contribution in [3.05, 3.63) is 24.3 Å². The monoisotopic (exact) mass is 691 g/mol. The van der Waals surface area contributed by atoms with E-state index in [-0.39, 0.29) is 12.6 Å². The summed E-state index contributed by atoms with van der Waals surface area (Å²) in [6, 6.07) is 7.26. The van der Waals surface area contributed by atoms with E-state index in [1.54, 1.807) is 12.1 Å². The largest absolute Gasteiger partial charge is 0.491 e. The molecule has 0 unspecified atom stereocenters. The molecule has 0 heterocycles. The number of unbranched alkanes of at least 4 members (excludes halogenated alkanes) is 2. The SMILES string of the molecule is CCCCCC(=O)OCCOCCOCCOCCOCCOCCOCCOCCOCCOCCOCCOc1ccc(N)cc1. The first-order valence-electron chi connectivity index (χ1n) is 17.1. The van der Waals surface area contributed by atoms with Crippen LogP contribution >= 0.6 is 0 Å². The highest BCUT2D eigenvalue weighted by Gasteiger charge is 2.02. The molecule has 0 fully saturated rings. The van der Waals surface area contributed by atoms with Gasteiger partial charge in [-0.3, -0.25) is 4.79 Å². The second-order valence-electron chi connectivity index (χ2n) is 10.2. The van der Waals surface area contributed by atoms with E-state index >= 15 is 0 Å². The number of hydrogen-bond acceptors (Lipinski definition) is 14. The predicted octanol–water partition coefficient (Wildman–Crippen LogP) is 2.94. The fourth-order valence-electron chi connectivity index (χ4n) is 3.67. The second-order valence-corrected chi connectivity index (χ2v) is 10.2. The van der Waals surface area contributed by atoms with Gasteiger partial charge in [-0.2, -0.15) is 0 Å². The van der Waals surface area contributed by atoms with Gasteiger partial charge in [-0.25, -0.2) is 0 Å². The standard InChI is InChI=1S/C34H61NO13/c1-2-3-4-5-34(36)48-31-29-46-27-25-44-23-21-42-19-17-40-15-13-38-11-10-37-12-14-39-16-18-41-20-22-43-24-26-45-28-30-47-33-8-6-32(35)7-9-33/h6-9H,2-5,10-31,35H2,1H3. The van der Waals surface area contributed by atoms with Crippen LogP contribution in [0.4, 0.5) is 5.69 Å². The van der Waals surface area contributed by atoms with Crippen molar-refractivity contribution in [2.75, 3.05) is 151 Å². The van der Waals surface area contributed by atoms with Gasteiger partial charge in [0.1, 0.15) is 19.0 Å². The average Bonchev–Trinajstić information content (AvgIpc) is 3.09. The Morgan fingerprint density at radius 2 is 0.771 bits per heavy atom. The fourth-order valence-corrected chi connectivity index (χ4v) is 3.67. The van der Waals surface area contributed by atoms with Crippen LogP contribution in [-0.2, 0) is 56.9 Å². The Balaban J connectivity index is 1.63. The van der Waals surface area contributed by atoms with Crippen molar-refractivity contribution in [3.63, 3.8) is 0 Å². The Morgan fingerprint density at radius 1 is 0.458 bits per heavy atom. The molecule has 0 spiro atoms. The maximum atomic E-state index is 11.5. The molecule has 1 rings (SSSR count). The maximum Gasteiger partial charge on any atom is 0.305 e. The molecule has 0 radical (unpaired) electrons. The quantitative estimate of drug-likeness (QED) is 0.0614. The highest BCUT2D eigenvalue weighted by molar-refractivity contribution is 5.69. The summed E-state index contributed by atoms with van der Waals surface area (Å²) in [4.78, 5) is 11.5. The summed E-state index contributed by atoms with van der Waals surface area (Å²) < 4.78 is 65.3. The Kier molecular flexibility index (Phi) is 33.1. The summed E-state index contributed by atoms with van der Waals surface area (Å²) in [6.45, 7) is 12.6. The Labute approximate surface area is 287 Å². The van der Waals surface area contributed by atoms with Crippen LogP contribution in [0.1, 0.15) is 32.6 Å². The molecular formula is C34H61NO13. The first-order chi connectivity index (χ1) is 23.7. The zero-order chi connectivity index (χ0) is 34.4. The van der Waals surface area contributed by atoms with Gasteiger partial charge in [0, 0.05) is 12.1 Å². The number of carbonyl (C=O) groups excluding carboxylic acids is 1. The molecule has 0 atom stereocenters. The van der Waals surface area contributed by atoms with Gasteiger partial charge in [-0.15, -0.1) is 0 Å². The predicted molar refractivity (Wildman–Crippen MR) is 180 cm³/mol. The molecule has 14 heteroatoms. The number of rotatable bonds is 38. The Bertz CT molecular complexity index is 804. The second kappa shape index (κ2) is 36.2. The summed E-state index contributed by atoms with van der Waals surface area (Å²) >= 11 is 0. The minimum atomic E-state index is -0.161. The van der Waals surface area contributed by atoms with Crippen LogP contribution in [0, 0.1) is 0 Å². The van der Waals surface area contributed by atoms with E-state index in [0.29, 0.717) is 151 Å². The van der Waals surface area contributed by atoms with Crippen LogP contribution in [-0.4, -0.2) is 151 Å². The van der Waals surface area contributed by atoms with Crippen LogP contribution in [0.15, 0.2) is 24.3 Å². The third-order valence-electron chi connectivity index (χ3n) is 6.20. The van der Waals surface area contributed by atoms with Crippen LogP contribution in [0.3, 0.4) is 0 Å². The highest BCUT2D eigenvalue weighted by Crippen LogP contribution is 2.12. The van der Waals surface area contributed by atoms with Crippen LogP contribution in [0.25, 0.3) is 0 Å². The molecule has 0 bridgehead atoms. The third kappa shape index (κ3) is 32.4. The Morgan fingerprint density at radius 3 is 1.10 bits per heavy atom. The van der Waals surface area contributed by atoms with Crippen molar-refractivity contribution in [2.45, 2.75) is 32.6 Å². The smallest absolute Gasteiger partial charge is 0.305 e. The number of nitrogen functional groups attached to an aromatic ring is 1. The van der Waals surface area contributed by atoms with Crippen molar-refractivity contribution in [2.24, 2.45) is 0 Å². The van der Waals surface area contributed by atoms with Crippen molar-refractivity contribution in [1.29, 1.82) is 0 Å². The molecule has 2 N–H and O–H groups in total. The number of hydrogen-bond donors (Lipinski definition) is 1. The number of ether oxygens (including phenoxy) is 12. The van der Waals surface area contributed by atoms with Crippen molar-refractivity contribution in [1.82, 2.24) is 0 Å². The molecule has 14 nitrogen and oxygen atoms in total. The summed E-state index contributed by atoms with van der Waals surface area (Å²) in [6.07, 6.45) is 3.49. The van der Waals surface area contributed by atoms with Crippen molar-refractivity contribution >= 4 is 11.7 Å². The molecule has 48 heavy (non-hydrogen) atoms. The molecule has 0 amide bonds. The lowest BCUT2D eigenvalue weighted by Gasteiger charge is -2.09. The van der Waals surface area contributed by atoms with E-state index < -0.39 is 0 Å². The number of esters is 1. The molecule has 1 aromatic carbocycles. The lowest BCUT2D eigenvalue weighted by atomic mass is 10.2. The van der Waals surface area contributed by atoms with Gasteiger partial charge in [0.05, 0.1) is 132 Å². The molecule has 280 valence electrons. The van der Waals surface area contributed by atoms with E-state index in [1.165, 1.54) is 0 Å². The summed E-state index contributed by atoms with van der Waals surface area (Å²) in [5, 5.41) is 0. The van der Waals surface area contributed by atoms with Gasteiger partial charge in [0.2, 0.25) is 0 Å². The maximum absolute atomic E-state index is 11.5. The first-order valence-corrected chi connectivity index (χ1v) is 17.1. The topological polar surface area (TPSA) is 154 Å². The lowest BCUT2D eigenvalue weighted by molar-refractivity contribution is -0.145. The molecule has 1 aromatic rings. The molecule has 0 aromatic heterocycles. The minimum Gasteiger partial charge on any atom is -0.491 e. The first kappa shape index (κ1) is 43.9. The summed E-state index contributed by atoms with van der Waals surface area (Å²) in [5.74, 6) is 0.608. The van der Waals surface area contributed by atoms with E-state index in [4.69, 9.17) is 62.6 Å². The molecule has 0 aliphatic rings. The van der Waals surface area contributed by atoms with Crippen molar-refractivity contribution in [3.8, 4) is 5.75 Å². The fraction of sp³-hybridized carbons (Fsp3) is 0.794. The molecular weight excluding hydrogens is 630 g/mol. The number of benzene rings is 1. The highest BCUT2D eigenvalue weighted by atomic mass is 16.6. The van der Waals surface area contributed by atoms with E-state index in [9.17, 15) is 4.79 Å². The molecule has 0 saturated carbocycles.